The highest BCUT2D eigenvalue weighted by Gasteiger charge is 2.37. The molecule has 1 fully saturated rings. The van der Waals surface area contributed by atoms with Crippen LogP contribution in [0.1, 0.15) is 66.7 Å². The second kappa shape index (κ2) is 10.5. The molecule has 1 aliphatic heterocycles. The van der Waals surface area contributed by atoms with Gasteiger partial charge in [0.15, 0.2) is 0 Å². The number of piperidine rings is 1. The standard InChI is InChI=1S/C20H36N4O2/c1-6-7-10-26-11-8-9-22-18(25)16(14-21)15-23-17-12-19(2,3)24-20(4,5)13-17/h15,17,23-24H,6-13H2,1-5H3,(H,22,25)/b16-15-. The molecule has 6 heteroatoms. The second-order valence-electron chi connectivity index (χ2n) is 8.41. The van der Waals surface area contributed by atoms with E-state index >= 15 is 0 Å². The number of ether oxygens (including phenoxy) is 1. The van der Waals surface area contributed by atoms with Gasteiger partial charge < -0.3 is 20.7 Å². The third-order valence-corrected chi connectivity index (χ3v) is 4.41. The fraction of sp³-hybridized carbons (Fsp3) is 0.800. The quantitative estimate of drug-likeness (QED) is 0.315. The summed E-state index contributed by atoms with van der Waals surface area (Å²) in [6.07, 6.45) is 6.35. The molecule has 1 rings (SSSR count). The molecule has 1 saturated heterocycles. The van der Waals surface area contributed by atoms with Crippen LogP contribution in [-0.2, 0) is 9.53 Å². The van der Waals surface area contributed by atoms with Gasteiger partial charge in [-0.2, -0.15) is 5.26 Å². The Hall–Kier alpha value is -1.58. The SMILES string of the molecule is CCCCOCCCNC(=O)/C(C#N)=C\NC1CC(C)(C)NC(C)(C)C1. The summed E-state index contributed by atoms with van der Waals surface area (Å²) in [5, 5.41) is 19.0. The second-order valence-corrected chi connectivity index (χ2v) is 8.41. The average molecular weight is 365 g/mol. The van der Waals surface area contributed by atoms with Crippen molar-refractivity contribution in [2.24, 2.45) is 0 Å². The van der Waals surface area contributed by atoms with Crippen LogP contribution in [0.15, 0.2) is 11.8 Å². The lowest BCUT2D eigenvalue weighted by atomic mass is 9.80. The van der Waals surface area contributed by atoms with Crippen molar-refractivity contribution in [1.29, 1.82) is 5.26 Å². The molecule has 148 valence electrons. The minimum absolute atomic E-state index is 0.0140. The van der Waals surface area contributed by atoms with Crippen molar-refractivity contribution in [3.63, 3.8) is 0 Å². The summed E-state index contributed by atoms with van der Waals surface area (Å²) in [7, 11) is 0. The van der Waals surface area contributed by atoms with Crippen LogP contribution in [0.5, 0.6) is 0 Å². The number of nitrogens with zero attached hydrogens (tertiary/aromatic N) is 1. The van der Waals surface area contributed by atoms with E-state index < -0.39 is 0 Å². The number of rotatable bonds is 10. The van der Waals surface area contributed by atoms with E-state index in [9.17, 15) is 10.1 Å². The molecule has 0 aromatic rings. The molecule has 0 aromatic heterocycles. The Morgan fingerprint density at radius 3 is 2.42 bits per heavy atom. The van der Waals surface area contributed by atoms with E-state index in [0.29, 0.717) is 13.2 Å². The molecule has 1 heterocycles. The molecular formula is C20H36N4O2. The minimum Gasteiger partial charge on any atom is -0.387 e. The number of carbonyl (C=O) groups excluding carboxylic acids is 1. The zero-order valence-electron chi connectivity index (χ0n) is 17.1. The Kier molecular flexibility index (Phi) is 9.11. The monoisotopic (exact) mass is 364 g/mol. The number of amides is 1. The topological polar surface area (TPSA) is 86.2 Å². The van der Waals surface area contributed by atoms with Crippen molar-refractivity contribution in [2.45, 2.75) is 83.8 Å². The summed E-state index contributed by atoms with van der Waals surface area (Å²) in [5.74, 6) is -0.332. The lowest BCUT2D eigenvalue weighted by Gasteiger charge is -2.46. The van der Waals surface area contributed by atoms with Gasteiger partial charge >= 0.3 is 0 Å². The van der Waals surface area contributed by atoms with E-state index in [-0.39, 0.29) is 28.6 Å². The summed E-state index contributed by atoms with van der Waals surface area (Å²) in [6.45, 7) is 12.7. The number of hydrogen-bond acceptors (Lipinski definition) is 5. The van der Waals surface area contributed by atoms with Crippen molar-refractivity contribution in [2.75, 3.05) is 19.8 Å². The van der Waals surface area contributed by atoms with E-state index in [4.69, 9.17) is 4.74 Å². The first-order valence-electron chi connectivity index (χ1n) is 9.71. The summed E-state index contributed by atoms with van der Waals surface area (Å²) in [5.41, 5.74) is 0.145. The van der Waals surface area contributed by atoms with E-state index in [0.717, 1.165) is 38.7 Å². The molecule has 0 aliphatic carbocycles. The highest BCUT2D eigenvalue weighted by Crippen LogP contribution is 2.28. The molecule has 0 unspecified atom stereocenters. The highest BCUT2D eigenvalue weighted by molar-refractivity contribution is 5.97. The summed E-state index contributed by atoms with van der Waals surface area (Å²) in [4.78, 5) is 12.1. The largest absolute Gasteiger partial charge is 0.387 e. The summed E-state index contributed by atoms with van der Waals surface area (Å²) in [6, 6.07) is 2.22. The Bertz CT molecular complexity index is 504. The average Bonchev–Trinajstić information content (AvgIpc) is 2.51. The Balaban J connectivity index is 2.42. The van der Waals surface area contributed by atoms with Gasteiger partial charge in [-0.1, -0.05) is 13.3 Å². The molecule has 1 aliphatic rings. The number of nitriles is 1. The molecule has 6 nitrogen and oxygen atoms in total. The molecule has 0 bridgehead atoms. The molecule has 1 amide bonds. The first kappa shape index (κ1) is 22.5. The Morgan fingerprint density at radius 1 is 1.23 bits per heavy atom. The molecule has 0 spiro atoms. The normalized spacial score (nSPS) is 19.6. The van der Waals surface area contributed by atoms with E-state index in [1.165, 1.54) is 0 Å². The Labute approximate surface area is 158 Å². The van der Waals surface area contributed by atoms with Crippen molar-refractivity contribution >= 4 is 5.91 Å². The predicted molar refractivity (Wildman–Crippen MR) is 105 cm³/mol. The molecule has 0 saturated carbocycles. The highest BCUT2D eigenvalue weighted by atomic mass is 16.5. The number of unbranched alkanes of at least 4 members (excludes halogenated alkanes) is 1. The maximum Gasteiger partial charge on any atom is 0.263 e. The van der Waals surface area contributed by atoms with Gasteiger partial charge in [0.25, 0.3) is 5.91 Å². The van der Waals surface area contributed by atoms with E-state index in [1.54, 1.807) is 6.20 Å². The van der Waals surface area contributed by atoms with Gasteiger partial charge in [0.1, 0.15) is 11.6 Å². The van der Waals surface area contributed by atoms with Crippen LogP contribution >= 0.6 is 0 Å². The van der Waals surface area contributed by atoms with Gasteiger partial charge in [0.05, 0.1) is 0 Å². The van der Waals surface area contributed by atoms with Gasteiger partial charge in [0, 0.05) is 43.1 Å². The van der Waals surface area contributed by atoms with Crippen LogP contribution in [0.4, 0.5) is 0 Å². The van der Waals surface area contributed by atoms with Crippen molar-refractivity contribution in [1.82, 2.24) is 16.0 Å². The lowest BCUT2D eigenvalue weighted by molar-refractivity contribution is -0.117. The zero-order chi connectivity index (χ0) is 19.6. The fourth-order valence-electron chi connectivity index (χ4n) is 3.61. The summed E-state index contributed by atoms with van der Waals surface area (Å²) < 4.78 is 5.46. The number of carbonyl (C=O) groups is 1. The van der Waals surface area contributed by atoms with Crippen LogP contribution in [-0.4, -0.2) is 42.8 Å². The summed E-state index contributed by atoms with van der Waals surface area (Å²) >= 11 is 0. The first-order chi connectivity index (χ1) is 12.2. The van der Waals surface area contributed by atoms with Crippen LogP contribution < -0.4 is 16.0 Å². The maximum absolute atomic E-state index is 12.1. The first-order valence-corrected chi connectivity index (χ1v) is 9.71. The molecule has 0 aromatic carbocycles. The van der Waals surface area contributed by atoms with Crippen molar-refractivity contribution in [3.05, 3.63) is 11.8 Å². The maximum atomic E-state index is 12.1. The van der Waals surface area contributed by atoms with Gasteiger partial charge in [-0.15, -0.1) is 0 Å². The smallest absolute Gasteiger partial charge is 0.263 e. The van der Waals surface area contributed by atoms with Crippen LogP contribution in [0.3, 0.4) is 0 Å². The minimum atomic E-state index is -0.332. The van der Waals surface area contributed by atoms with Crippen LogP contribution in [0.25, 0.3) is 0 Å². The number of hydrogen-bond donors (Lipinski definition) is 3. The fourth-order valence-corrected chi connectivity index (χ4v) is 3.61. The molecule has 3 N–H and O–H groups in total. The third-order valence-electron chi connectivity index (χ3n) is 4.41. The molecular weight excluding hydrogens is 328 g/mol. The lowest BCUT2D eigenvalue weighted by Crippen LogP contribution is -2.61. The van der Waals surface area contributed by atoms with E-state index in [1.807, 2.05) is 6.07 Å². The predicted octanol–water partition coefficient (Wildman–Crippen LogP) is 2.62. The molecule has 0 radical (unpaired) electrons. The molecule has 26 heavy (non-hydrogen) atoms. The van der Waals surface area contributed by atoms with Crippen molar-refractivity contribution in [3.8, 4) is 6.07 Å². The van der Waals surface area contributed by atoms with Gasteiger partial charge in [-0.3, -0.25) is 4.79 Å². The van der Waals surface area contributed by atoms with E-state index in [2.05, 4.69) is 50.6 Å². The van der Waals surface area contributed by atoms with Crippen molar-refractivity contribution < 1.29 is 9.53 Å². The third kappa shape index (κ3) is 8.68. The molecule has 0 atom stereocenters. The van der Waals surface area contributed by atoms with Gasteiger partial charge in [-0.05, 0) is 53.4 Å². The van der Waals surface area contributed by atoms with Gasteiger partial charge in [-0.25, -0.2) is 0 Å². The van der Waals surface area contributed by atoms with Crippen LogP contribution in [0.2, 0.25) is 0 Å². The zero-order valence-corrected chi connectivity index (χ0v) is 17.1. The Morgan fingerprint density at radius 2 is 1.85 bits per heavy atom. The number of nitrogens with one attached hydrogen (secondary N) is 3. The van der Waals surface area contributed by atoms with Gasteiger partial charge in [0.2, 0.25) is 0 Å². The van der Waals surface area contributed by atoms with Crippen LogP contribution in [0, 0.1) is 11.3 Å².